The molecule has 2 rings (SSSR count). The second-order valence-electron chi connectivity index (χ2n) is 6.51. The Labute approximate surface area is 128 Å². The Balaban J connectivity index is 1.87. The van der Waals surface area contributed by atoms with E-state index < -0.39 is 0 Å². The molecular formula is C17H29N3O. The highest BCUT2D eigenvalue weighted by atomic mass is 16.5. The quantitative estimate of drug-likeness (QED) is 0.871. The highest BCUT2D eigenvalue weighted by Crippen LogP contribution is 2.20. The number of nitrogens with zero attached hydrogens (tertiary/aromatic N) is 2. The summed E-state index contributed by atoms with van der Waals surface area (Å²) in [5.41, 5.74) is 7.53. The molecular weight excluding hydrogens is 262 g/mol. The molecule has 1 aromatic carbocycles. The summed E-state index contributed by atoms with van der Waals surface area (Å²) in [6, 6.07) is 8.94. The lowest BCUT2D eigenvalue weighted by molar-refractivity contribution is 0.242. The van der Waals surface area contributed by atoms with Crippen LogP contribution in [0.3, 0.4) is 0 Å². The normalized spacial score (nSPS) is 21.2. The van der Waals surface area contributed by atoms with Gasteiger partial charge in [0.25, 0.3) is 0 Å². The lowest BCUT2D eigenvalue weighted by Gasteiger charge is -2.23. The molecule has 1 saturated heterocycles. The number of nitrogens with two attached hydrogens (primary N) is 1. The van der Waals surface area contributed by atoms with E-state index in [1.165, 1.54) is 12.0 Å². The zero-order valence-corrected chi connectivity index (χ0v) is 13.7. The maximum Gasteiger partial charge on any atom is 0.119 e. The summed E-state index contributed by atoms with van der Waals surface area (Å²) >= 11 is 0. The molecule has 1 aliphatic heterocycles. The van der Waals surface area contributed by atoms with Gasteiger partial charge in [-0.1, -0.05) is 12.1 Å². The standard InChI is InChI=1S/C17H29N3O/c1-13(2)21-16-7-5-14(6-8-16)17(18)12-20-10-9-15(11-20)19(3)4/h5-8,13,15,17H,9-12,18H2,1-4H3. The molecule has 4 heteroatoms. The predicted octanol–water partition coefficient (Wildman–Crippen LogP) is 2.11. The van der Waals surface area contributed by atoms with Gasteiger partial charge in [0.2, 0.25) is 0 Å². The van der Waals surface area contributed by atoms with Crippen molar-refractivity contribution in [3.8, 4) is 5.75 Å². The summed E-state index contributed by atoms with van der Waals surface area (Å²) < 4.78 is 5.67. The summed E-state index contributed by atoms with van der Waals surface area (Å²) in [6.07, 6.45) is 1.44. The van der Waals surface area contributed by atoms with Crippen molar-refractivity contribution in [2.75, 3.05) is 33.7 Å². The number of ether oxygens (including phenoxy) is 1. The fraction of sp³-hybridized carbons (Fsp3) is 0.647. The number of hydrogen-bond acceptors (Lipinski definition) is 4. The fourth-order valence-corrected chi connectivity index (χ4v) is 2.85. The predicted molar refractivity (Wildman–Crippen MR) is 87.7 cm³/mol. The Hall–Kier alpha value is -1.10. The fourth-order valence-electron chi connectivity index (χ4n) is 2.85. The molecule has 2 atom stereocenters. The summed E-state index contributed by atoms with van der Waals surface area (Å²) in [5.74, 6) is 0.912. The molecule has 0 bridgehead atoms. The smallest absolute Gasteiger partial charge is 0.119 e. The van der Waals surface area contributed by atoms with Gasteiger partial charge >= 0.3 is 0 Å². The summed E-state index contributed by atoms with van der Waals surface area (Å²) in [7, 11) is 4.31. The van der Waals surface area contributed by atoms with E-state index in [4.69, 9.17) is 10.5 Å². The van der Waals surface area contributed by atoms with Crippen LogP contribution in [0.4, 0.5) is 0 Å². The van der Waals surface area contributed by atoms with Crippen LogP contribution in [0.15, 0.2) is 24.3 Å². The minimum Gasteiger partial charge on any atom is -0.491 e. The molecule has 1 aromatic rings. The second kappa shape index (κ2) is 7.25. The molecule has 0 radical (unpaired) electrons. The van der Waals surface area contributed by atoms with Crippen molar-refractivity contribution in [1.82, 2.24) is 9.80 Å². The first-order valence-electron chi connectivity index (χ1n) is 7.86. The van der Waals surface area contributed by atoms with Crippen LogP contribution in [0, 0.1) is 0 Å². The maximum atomic E-state index is 6.35. The van der Waals surface area contributed by atoms with E-state index in [9.17, 15) is 0 Å². The SMILES string of the molecule is CC(C)Oc1ccc(C(N)CN2CCC(N(C)C)C2)cc1. The molecule has 0 aromatic heterocycles. The Morgan fingerprint density at radius 3 is 2.48 bits per heavy atom. The van der Waals surface area contributed by atoms with Crippen LogP contribution in [0.5, 0.6) is 5.75 Å². The minimum absolute atomic E-state index is 0.0685. The van der Waals surface area contributed by atoms with Gasteiger partial charge in [-0.2, -0.15) is 0 Å². The van der Waals surface area contributed by atoms with E-state index in [2.05, 4.69) is 36.0 Å². The molecule has 1 fully saturated rings. The zero-order chi connectivity index (χ0) is 15.4. The average Bonchev–Trinajstić information content (AvgIpc) is 2.87. The van der Waals surface area contributed by atoms with Crippen LogP contribution < -0.4 is 10.5 Å². The molecule has 0 saturated carbocycles. The van der Waals surface area contributed by atoms with Gasteiger partial charge in [0.05, 0.1) is 6.10 Å². The van der Waals surface area contributed by atoms with Crippen LogP contribution in [0.2, 0.25) is 0 Å². The molecule has 4 nitrogen and oxygen atoms in total. The summed E-state index contributed by atoms with van der Waals surface area (Å²) in [5, 5.41) is 0. The molecule has 21 heavy (non-hydrogen) atoms. The highest BCUT2D eigenvalue weighted by molar-refractivity contribution is 5.29. The third-order valence-corrected chi connectivity index (χ3v) is 4.11. The Morgan fingerprint density at radius 2 is 1.95 bits per heavy atom. The maximum absolute atomic E-state index is 6.35. The molecule has 118 valence electrons. The molecule has 2 N–H and O–H groups in total. The van der Waals surface area contributed by atoms with E-state index >= 15 is 0 Å². The Bertz CT molecular complexity index is 430. The van der Waals surface area contributed by atoms with Gasteiger partial charge in [0, 0.05) is 25.2 Å². The number of likely N-dealkylation sites (N-methyl/N-ethyl adjacent to an activating group) is 1. The van der Waals surface area contributed by atoms with Gasteiger partial charge < -0.3 is 15.4 Å². The molecule has 2 unspecified atom stereocenters. The lowest BCUT2D eigenvalue weighted by atomic mass is 10.1. The van der Waals surface area contributed by atoms with Gasteiger partial charge in [0.1, 0.15) is 5.75 Å². The third-order valence-electron chi connectivity index (χ3n) is 4.11. The van der Waals surface area contributed by atoms with Crippen molar-refractivity contribution in [3.63, 3.8) is 0 Å². The molecule has 0 spiro atoms. The molecule has 0 amide bonds. The van der Waals surface area contributed by atoms with Crippen LogP contribution in [0.25, 0.3) is 0 Å². The van der Waals surface area contributed by atoms with Crippen LogP contribution in [-0.2, 0) is 0 Å². The second-order valence-corrected chi connectivity index (χ2v) is 6.51. The van der Waals surface area contributed by atoms with Crippen molar-refractivity contribution in [2.24, 2.45) is 5.73 Å². The lowest BCUT2D eigenvalue weighted by Crippen LogP contribution is -2.34. The van der Waals surface area contributed by atoms with Crippen LogP contribution in [-0.4, -0.2) is 55.7 Å². The third kappa shape index (κ3) is 4.70. The Kier molecular flexibility index (Phi) is 5.62. The van der Waals surface area contributed by atoms with Gasteiger partial charge in [0.15, 0.2) is 0 Å². The van der Waals surface area contributed by atoms with Gasteiger partial charge in [-0.05, 0) is 58.6 Å². The van der Waals surface area contributed by atoms with E-state index in [-0.39, 0.29) is 12.1 Å². The number of likely N-dealkylation sites (tertiary alicyclic amines) is 1. The molecule has 1 aliphatic rings. The van der Waals surface area contributed by atoms with E-state index in [0.29, 0.717) is 6.04 Å². The van der Waals surface area contributed by atoms with E-state index in [1.807, 2.05) is 26.0 Å². The van der Waals surface area contributed by atoms with Crippen LogP contribution >= 0.6 is 0 Å². The summed E-state index contributed by atoms with van der Waals surface area (Å²) in [6.45, 7) is 7.26. The van der Waals surface area contributed by atoms with Crippen molar-refractivity contribution in [1.29, 1.82) is 0 Å². The van der Waals surface area contributed by atoms with Crippen molar-refractivity contribution in [3.05, 3.63) is 29.8 Å². The van der Waals surface area contributed by atoms with Gasteiger partial charge in [-0.15, -0.1) is 0 Å². The highest BCUT2D eigenvalue weighted by Gasteiger charge is 2.25. The van der Waals surface area contributed by atoms with Crippen molar-refractivity contribution in [2.45, 2.75) is 38.5 Å². The zero-order valence-electron chi connectivity index (χ0n) is 13.7. The number of rotatable bonds is 6. The van der Waals surface area contributed by atoms with Crippen molar-refractivity contribution >= 4 is 0 Å². The molecule has 1 heterocycles. The first-order chi connectivity index (χ1) is 9.95. The minimum atomic E-state index is 0.0685. The summed E-state index contributed by atoms with van der Waals surface area (Å²) in [4.78, 5) is 4.78. The molecule has 0 aliphatic carbocycles. The largest absolute Gasteiger partial charge is 0.491 e. The van der Waals surface area contributed by atoms with E-state index in [1.54, 1.807) is 0 Å². The first kappa shape index (κ1) is 16.3. The van der Waals surface area contributed by atoms with Gasteiger partial charge in [-0.3, -0.25) is 4.90 Å². The number of benzene rings is 1. The first-order valence-corrected chi connectivity index (χ1v) is 7.86. The topological polar surface area (TPSA) is 41.7 Å². The van der Waals surface area contributed by atoms with Gasteiger partial charge in [-0.25, -0.2) is 0 Å². The van der Waals surface area contributed by atoms with Crippen molar-refractivity contribution < 1.29 is 4.74 Å². The number of hydrogen-bond donors (Lipinski definition) is 1. The average molecular weight is 291 g/mol. The van der Waals surface area contributed by atoms with E-state index in [0.717, 1.165) is 25.4 Å². The van der Waals surface area contributed by atoms with Crippen LogP contribution in [0.1, 0.15) is 31.9 Å². The monoisotopic (exact) mass is 291 g/mol. The Morgan fingerprint density at radius 1 is 1.29 bits per heavy atom.